The first-order chi connectivity index (χ1) is 13.7. The molecule has 1 aliphatic heterocycles. The number of carbonyl (C=O) groups excluding carboxylic acids is 1. The molecular formula is C21H21FN4O2. The van der Waals surface area contributed by atoms with Crippen molar-refractivity contribution in [1.82, 2.24) is 15.1 Å². The van der Waals surface area contributed by atoms with E-state index in [-0.39, 0.29) is 5.91 Å². The van der Waals surface area contributed by atoms with Crippen LogP contribution >= 0.6 is 0 Å². The number of nitrogens with one attached hydrogen (secondary N) is 1. The third kappa shape index (κ3) is 4.04. The third-order valence-corrected chi connectivity index (χ3v) is 4.68. The first-order valence-corrected chi connectivity index (χ1v) is 9.20. The summed E-state index contributed by atoms with van der Waals surface area (Å²) in [5, 5.41) is 6.99. The molecule has 0 bridgehead atoms. The van der Waals surface area contributed by atoms with Crippen LogP contribution < -0.4 is 10.2 Å². The van der Waals surface area contributed by atoms with E-state index >= 15 is 0 Å². The van der Waals surface area contributed by atoms with Crippen molar-refractivity contribution < 1.29 is 13.9 Å². The van der Waals surface area contributed by atoms with Gasteiger partial charge < -0.3 is 15.0 Å². The molecule has 28 heavy (non-hydrogen) atoms. The Hall–Kier alpha value is -3.19. The number of hydrogen-bond donors (Lipinski definition) is 1. The molecule has 0 radical (unpaired) electrons. The van der Waals surface area contributed by atoms with E-state index < -0.39 is 5.82 Å². The zero-order valence-corrected chi connectivity index (χ0v) is 15.3. The first kappa shape index (κ1) is 18.2. The molecule has 7 heteroatoms. The minimum Gasteiger partial charge on any atom is -0.378 e. The van der Waals surface area contributed by atoms with Gasteiger partial charge in [0.2, 0.25) is 0 Å². The molecule has 6 nitrogen and oxygen atoms in total. The van der Waals surface area contributed by atoms with Crippen molar-refractivity contribution in [3.05, 3.63) is 77.9 Å². The maximum absolute atomic E-state index is 13.9. The highest BCUT2D eigenvalue weighted by molar-refractivity contribution is 5.93. The first-order valence-electron chi connectivity index (χ1n) is 9.20. The standard InChI is InChI=1S/C21H21FN4O2/c22-19-6-1-2-7-20(19)26-15-17(14-24-26)21(27)23-13-16-4-3-5-18(12-16)25-8-10-28-11-9-25/h1-7,12,14-15H,8-11,13H2,(H,23,27). The summed E-state index contributed by atoms with van der Waals surface area (Å²) in [6.45, 7) is 3.60. The predicted molar refractivity (Wildman–Crippen MR) is 104 cm³/mol. The summed E-state index contributed by atoms with van der Waals surface area (Å²) < 4.78 is 20.6. The van der Waals surface area contributed by atoms with Crippen LogP contribution in [0, 0.1) is 5.82 Å². The third-order valence-electron chi connectivity index (χ3n) is 4.68. The van der Waals surface area contributed by atoms with Crippen molar-refractivity contribution in [1.29, 1.82) is 0 Å². The van der Waals surface area contributed by atoms with Crippen LogP contribution in [-0.4, -0.2) is 42.0 Å². The summed E-state index contributed by atoms with van der Waals surface area (Å²) in [5.41, 5.74) is 2.83. The Kier molecular flexibility index (Phi) is 5.34. The molecule has 1 aromatic heterocycles. The van der Waals surface area contributed by atoms with Crippen molar-refractivity contribution >= 4 is 11.6 Å². The van der Waals surface area contributed by atoms with Gasteiger partial charge in [0.1, 0.15) is 11.5 Å². The summed E-state index contributed by atoms with van der Waals surface area (Å²) in [4.78, 5) is 14.7. The summed E-state index contributed by atoms with van der Waals surface area (Å²) in [5.74, 6) is -0.642. The lowest BCUT2D eigenvalue weighted by Gasteiger charge is -2.29. The van der Waals surface area contributed by atoms with E-state index in [4.69, 9.17) is 4.74 Å². The van der Waals surface area contributed by atoms with Crippen LogP contribution in [0.25, 0.3) is 5.69 Å². The van der Waals surface area contributed by atoms with E-state index in [1.54, 1.807) is 18.2 Å². The van der Waals surface area contributed by atoms with Crippen molar-refractivity contribution in [2.75, 3.05) is 31.2 Å². The molecule has 1 amide bonds. The number of ether oxygens (including phenoxy) is 1. The Labute approximate surface area is 162 Å². The number of carbonyl (C=O) groups is 1. The molecule has 2 aromatic carbocycles. The maximum atomic E-state index is 13.9. The van der Waals surface area contributed by atoms with Gasteiger partial charge in [-0.3, -0.25) is 4.79 Å². The van der Waals surface area contributed by atoms with Gasteiger partial charge in [0.15, 0.2) is 0 Å². The number of halogens is 1. The zero-order valence-electron chi connectivity index (χ0n) is 15.3. The Morgan fingerprint density at radius 2 is 1.96 bits per heavy atom. The van der Waals surface area contributed by atoms with Crippen LogP contribution in [0.3, 0.4) is 0 Å². The van der Waals surface area contributed by atoms with Crippen LogP contribution in [0.2, 0.25) is 0 Å². The van der Waals surface area contributed by atoms with Crippen molar-refractivity contribution in [3.8, 4) is 5.69 Å². The number of morpholine rings is 1. The number of hydrogen-bond acceptors (Lipinski definition) is 4. The van der Waals surface area contributed by atoms with Gasteiger partial charge in [0.25, 0.3) is 5.91 Å². The van der Waals surface area contributed by atoms with E-state index in [1.807, 2.05) is 12.1 Å². The molecule has 0 atom stereocenters. The smallest absolute Gasteiger partial charge is 0.254 e. The van der Waals surface area contributed by atoms with Crippen molar-refractivity contribution in [3.63, 3.8) is 0 Å². The number of amides is 1. The number of anilines is 1. The summed E-state index contributed by atoms with van der Waals surface area (Å²) in [7, 11) is 0. The molecular weight excluding hydrogens is 359 g/mol. The molecule has 1 fully saturated rings. The second-order valence-corrected chi connectivity index (χ2v) is 6.58. The highest BCUT2D eigenvalue weighted by atomic mass is 19.1. The van der Waals surface area contributed by atoms with Gasteiger partial charge in [0.05, 0.1) is 25.0 Å². The lowest BCUT2D eigenvalue weighted by molar-refractivity contribution is 0.0951. The minimum atomic E-state index is -0.391. The molecule has 0 spiro atoms. The minimum absolute atomic E-state index is 0.251. The van der Waals surface area contributed by atoms with Gasteiger partial charge in [-0.05, 0) is 29.8 Å². The second kappa shape index (κ2) is 8.22. The molecule has 0 unspecified atom stereocenters. The van der Waals surface area contributed by atoms with Crippen LogP contribution in [-0.2, 0) is 11.3 Å². The summed E-state index contributed by atoms with van der Waals surface area (Å²) in [6.07, 6.45) is 2.96. The number of rotatable bonds is 5. The Bertz CT molecular complexity index is 966. The Morgan fingerprint density at radius 3 is 2.79 bits per heavy atom. The number of aromatic nitrogens is 2. The number of para-hydroxylation sites is 1. The van der Waals surface area contributed by atoms with E-state index in [9.17, 15) is 9.18 Å². The second-order valence-electron chi connectivity index (χ2n) is 6.58. The van der Waals surface area contributed by atoms with E-state index in [1.165, 1.54) is 23.1 Å². The van der Waals surface area contributed by atoms with Crippen LogP contribution in [0.1, 0.15) is 15.9 Å². The normalized spacial score (nSPS) is 14.1. The van der Waals surface area contributed by atoms with Gasteiger partial charge in [-0.1, -0.05) is 24.3 Å². The zero-order chi connectivity index (χ0) is 19.3. The lowest BCUT2D eigenvalue weighted by atomic mass is 10.1. The van der Waals surface area contributed by atoms with Gasteiger partial charge in [-0.25, -0.2) is 9.07 Å². The van der Waals surface area contributed by atoms with E-state index in [0.717, 1.165) is 37.6 Å². The highest BCUT2D eigenvalue weighted by Crippen LogP contribution is 2.18. The fourth-order valence-electron chi connectivity index (χ4n) is 3.18. The molecule has 1 aliphatic rings. The molecule has 2 heterocycles. The van der Waals surface area contributed by atoms with Gasteiger partial charge in [-0.2, -0.15) is 5.10 Å². The van der Waals surface area contributed by atoms with Crippen LogP contribution in [0.4, 0.5) is 10.1 Å². The Morgan fingerprint density at radius 1 is 1.14 bits per heavy atom. The monoisotopic (exact) mass is 380 g/mol. The van der Waals surface area contributed by atoms with Gasteiger partial charge in [0, 0.05) is 31.5 Å². The molecule has 144 valence electrons. The average molecular weight is 380 g/mol. The molecule has 1 N–H and O–H groups in total. The van der Waals surface area contributed by atoms with E-state index in [0.29, 0.717) is 17.8 Å². The molecule has 4 rings (SSSR count). The molecule has 1 saturated heterocycles. The largest absolute Gasteiger partial charge is 0.378 e. The van der Waals surface area contributed by atoms with E-state index in [2.05, 4.69) is 27.4 Å². The van der Waals surface area contributed by atoms with Crippen LogP contribution in [0.5, 0.6) is 0 Å². The fourth-order valence-corrected chi connectivity index (χ4v) is 3.18. The molecule has 0 aliphatic carbocycles. The quantitative estimate of drug-likeness (QED) is 0.740. The highest BCUT2D eigenvalue weighted by Gasteiger charge is 2.13. The Balaban J connectivity index is 1.40. The van der Waals surface area contributed by atoms with Crippen molar-refractivity contribution in [2.24, 2.45) is 0 Å². The molecule has 0 saturated carbocycles. The van der Waals surface area contributed by atoms with Gasteiger partial charge in [-0.15, -0.1) is 0 Å². The molecule has 3 aromatic rings. The van der Waals surface area contributed by atoms with Gasteiger partial charge >= 0.3 is 0 Å². The average Bonchev–Trinajstić information content (AvgIpc) is 3.23. The topological polar surface area (TPSA) is 59.4 Å². The lowest BCUT2D eigenvalue weighted by Crippen LogP contribution is -2.36. The fraction of sp³-hybridized carbons (Fsp3) is 0.238. The number of nitrogens with zero attached hydrogens (tertiary/aromatic N) is 3. The predicted octanol–water partition coefficient (Wildman–Crippen LogP) is 2.78. The maximum Gasteiger partial charge on any atom is 0.254 e. The van der Waals surface area contributed by atoms with Crippen LogP contribution in [0.15, 0.2) is 60.9 Å². The van der Waals surface area contributed by atoms with Crippen molar-refractivity contribution in [2.45, 2.75) is 6.54 Å². The summed E-state index contributed by atoms with van der Waals surface area (Å²) >= 11 is 0. The summed E-state index contributed by atoms with van der Waals surface area (Å²) in [6, 6.07) is 14.4. The SMILES string of the molecule is O=C(NCc1cccc(N2CCOCC2)c1)c1cnn(-c2ccccc2F)c1. The number of benzene rings is 2.